The predicted molar refractivity (Wildman–Crippen MR) is 431 cm³/mol. The van der Waals surface area contributed by atoms with Gasteiger partial charge in [0.2, 0.25) is 82.7 Å². The van der Waals surface area contributed by atoms with E-state index in [1.807, 2.05) is 0 Å². The number of hydrogen-bond donors (Lipinski definition) is 24. The molecule has 0 unspecified atom stereocenters. The Bertz CT molecular complexity index is 3650. The Kier molecular flexibility index (Phi) is 43.1. The Balaban J connectivity index is 2.39. The third kappa shape index (κ3) is 37.4. The normalized spacial score (nSPS) is 23.3. The van der Waals surface area contributed by atoms with E-state index in [4.69, 9.17) is 39.2 Å². The quantitative estimate of drug-likeness (QED) is 0.0212. The second-order valence-corrected chi connectivity index (χ2v) is 30.9. The molecule has 39 nitrogen and oxygen atoms in total. The molecule has 2 aromatic carbocycles. The van der Waals surface area contributed by atoms with Crippen molar-refractivity contribution < 1.29 is 77.0 Å². The summed E-state index contributed by atoms with van der Waals surface area (Å²) in [6.45, 7) is 16.0. The fourth-order valence-electron chi connectivity index (χ4n) is 12.0. The van der Waals surface area contributed by atoms with Crippen LogP contribution in [0.2, 0.25) is 0 Å². The highest BCUT2D eigenvalue weighted by molar-refractivity contribution is 8.00. The van der Waals surface area contributed by atoms with Crippen molar-refractivity contribution in [1.82, 2.24) is 85.1 Å². The monoisotopic (exact) mass is 1630 g/mol. The second kappa shape index (κ2) is 50.7. The van der Waals surface area contributed by atoms with E-state index in [1.54, 1.807) is 130 Å². The molecule has 1 aliphatic heterocycles. The van der Waals surface area contributed by atoms with Crippen LogP contribution in [0.5, 0.6) is 0 Å². The van der Waals surface area contributed by atoms with Crippen LogP contribution < -0.4 is 108 Å². The number of hydrogen-bond acceptors (Lipinski definition) is 19. The molecule has 0 radical (unpaired) electrons. The summed E-state index contributed by atoms with van der Waals surface area (Å²) in [5.74, 6) is -19.9. The Labute approximate surface area is 674 Å². The Morgan fingerprint density at radius 3 is 1.17 bits per heavy atom. The third-order valence-electron chi connectivity index (χ3n) is 18.3. The molecule has 3 rings (SSSR count). The van der Waals surface area contributed by atoms with Crippen LogP contribution in [0.15, 0.2) is 60.7 Å². The van der Waals surface area contributed by atoms with Crippen molar-refractivity contribution >= 4 is 118 Å². The molecule has 14 amide bonds. The van der Waals surface area contributed by atoms with Crippen molar-refractivity contribution in [2.24, 2.45) is 52.5 Å². The molecule has 0 spiro atoms. The van der Waals surface area contributed by atoms with E-state index in [-0.39, 0.29) is 102 Å². The van der Waals surface area contributed by atoms with Gasteiger partial charge in [-0.2, -0.15) is 0 Å². The number of primary amides is 1. The third-order valence-corrected chi connectivity index (χ3v) is 19.3. The molecule has 40 heteroatoms. The minimum absolute atomic E-state index is 0.00155. The molecule has 1 heterocycles. The summed E-state index contributed by atoms with van der Waals surface area (Å²) in [5.41, 5.74) is 23.1. The zero-order valence-electron chi connectivity index (χ0n) is 67.1. The number of thioether (sulfide) groups is 1. The molecule has 0 aromatic heterocycles. The van der Waals surface area contributed by atoms with Crippen LogP contribution in [0.1, 0.15) is 145 Å². The fraction of sp³-hybridized carbons (Fsp3) is 0.600. The molecule has 1 saturated heterocycles. The zero-order valence-corrected chi connectivity index (χ0v) is 67.9. The van der Waals surface area contributed by atoms with Gasteiger partial charge in [-0.05, 0) is 92.1 Å². The molecule has 2 aromatic rings. The predicted octanol–water partition coefficient (Wildman–Crippen LogP) is -3.65. The van der Waals surface area contributed by atoms with E-state index >= 15 is 0 Å². The lowest BCUT2D eigenvalue weighted by atomic mass is 9.95. The molecule has 28 N–H and O–H groups in total. The topological polar surface area (TPSA) is 644 Å². The minimum atomic E-state index is -2.01. The van der Waals surface area contributed by atoms with Gasteiger partial charge in [0.15, 0.2) is 17.9 Å². The van der Waals surface area contributed by atoms with Crippen molar-refractivity contribution in [2.45, 2.75) is 219 Å². The van der Waals surface area contributed by atoms with Gasteiger partial charge >= 0.3 is 5.97 Å². The van der Waals surface area contributed by atoms with Crippen LogP contribution in [-0.4, -0.2) is 222 Å². The first-order valence-corrected chi connectivity index (χ1v) is 39.7. The minimum Gasteiger partial charge on any atom is -0.481 e. The maximum Gasteiger partial charge on any atom is 0.305 e. The number of carbonyl (C=O) groups is 15. The Morgan fingerprint density at radius 2 is 0.765 bits per heavy atom. The van der Waals surface area contributed by atoms with Crippen molar-refractivity contribution in [3.05, 3.63) is 71.8 Å². The SMILES string of the molecule is CC[C@H](C)[C@@H]1NC(=O)[C@H](C(C)C)NC(=O)[C@H](CC(C)C)NC(=O)[C@H](CC(C)C)NC(=O)[C@H](Cc2ccccc2)NC(=O)CSC[C@@H](C(=O)NCC(N)=O)NC(=O)[C@H](CCCNC(=N)N)NC(=O)[C@H](Cc2ccccc2)NC(=O)[C@H](C(C)C)NC(=O)[C@H](CCCNC(=N)N)NC(=O)[C@H](CC(=O)O)NC(=O)[C@H](CCCNC(=N)N)NC1=O. The van der Waals surface area contributed by atoms with Crippen molar-refractivity contribution in [3.63, 3.8) is 0 Å². The first-order chi connectivity index (χ1) is 54.2. The molecule has 0 bridgehead atoms. The van der Waals surface area contributed by atoms with Gasteiger partial charge in [0.1, 0.15) is 72.5 Å². The molecule has 115 heavy (non-hydrogen) atoms. The van der Waals surface area contributed by atoms with Crippen LogP contribution in [0, 0.1) is 45.8 Å². The largest absolute Gasteiger partial charge is 0.481 e. The van der Waals surface area contributed by atoms with Gasteiger partial charge < -0.3 is 113 Å². The van der Waals surface area contributed by atoms with E-state index in [9.17, 15) is 77.0 Å². The standard InChI is InChI=1S/C75H121N23O16S/c1-11-43(10)60-72(114)90-47(26-19-29-84-74(79)80)62(104)93-53(35-57(101)102)68(110)89-48(27-20-30-85-75(81)82)64(106)96-58(41(6)7)70(112)94-52(34-45-23-16-13-17-24-45)67(109)88-46(25-18-28-83-73(77)78)63(105)95-54(61(103)86-36-55(76)99)37-115-38-56(100)87-51(33-44-21-14-12-15-22-44)66(108)91-49(31-39(2)3)65(107)92-50(32-40(4)5)69(111)97-59(42(8)9)71(113)98-60/h12-17,21-24,39-43,46-54,58-60H,11,18-20,25-38H2,1-10H3,(H2,76,99)(H,86,103)(H,87,100)(H,88,109)(H,89,110)(H,90,114)(H,91,108)(H,92,107)(H,93,104)(H,94,112)(H,95,105)(H,96,106)(H,97,111)(H,98,113)(H,101,102)(H4,77,78,83)(H4,79,80,84)(H4,81,82,85)/t43-,46-,47-,48-,49-,50-,51-,52-,53-,54-,58-,59-,60-/m0/s1. The van der Waals surface area contributed by atoms with Crippen molar-refractivity contribution in [2.75, 3.05) is 37.7 Å². The smallest absolute Gasteiger partial charge is 0.305 e. The van der Waals surface area contributed by atoms with Crippen LogP contribution in [0.25, 0.3) is 0 Å². The Hall–Kier alpha value is -11.3. The highest BCUT2D eigenvalue weighted by Crippen LogP contribution is 2.18. The van der Waals surface area contributed by atoms with E-state index in [1.165, 1.54) is 0 Å². The highest BCUT2D eigenvalue weighted by atomic mass is 32.2. The summed E-state index contributed by atoms with van der Waals surface area (Å²) in [5, 5.41) is 75.3. The number of nitrogens with one attached hydrogen (secondary N) is 19. The average Bonchev–Trinajstić information content (AvgIpc) is 0.846. The van der Waals surface area contributed by atoms with Gasteiger partial charge in [0.25, 0.3) is 0 Å². The number of aliphatic carboxylic acids is 1. The number of carbonyl (C=O) groups excluding carboxylic acids is 14. The summed E-state index contributed by atoms with van der Waals surface area (Å²) in [6, 6.07) is -1.65. The number of rotatable bonds is 29. The van der Waals surface area contributed by atoms with E-state index in [0.717, 1.165) is 11.8 Å². The summed E-state index contributed by atoms with van der Waals surface area (Å²) < 4.78 is 0. The second-order valence-electron chi connectivity index (χ2n) is 29.8. The lowest BCUT2D eigenvalue weighted by Gasteiger charge is -2.31. The zero-order chi connectivity index (χ0) is 86.2. The molecule has 0 saturated carbocycles. The summed E-state index contributed by atoms with van der Waals surface area (Å²) in [6.07, 6.45) is -1.98. The molecule has 1 aliphatic rings. The van der Waals surface area contributed by atoms with Crippen LogP contribution in [0.4, 0.5) is 0 Å². The van der Waals surface area contributed by atoms with E-state index in [2.05, 4.69) is 85.1 Å². The average molecular weight is 1630 g/mol. The summed E-state index contributed by atoms with van der Waals surface area (Å²) >= 11 is 0.808. The van der Waals surface area contributed by atoms with Crippen molar-refractivity contribution in [1.29, 1.82) is 16.2 Å². The first kappa shape index (κ1) is 97.8. The number of carboxylic acid groups (broad SMARTS) is 1. The van der Waals surface area contributed by atoms with Crippen LogP contribution >= 0.6 is 11.8 Å². The molecular formula is C75H121N23O16S. The lowest BCUT2D eigenvalue weighted by Crippen LogP contribution is -2.62. The lowest BCUT2D eigenvalue weighted by molar-refractivity contribution is -0.142. The van der Waals surface area contributed by atoms with Gasteiger partial charge in [0, 0.05) is 38.2 Å². The number of nitrogens with two attached hydrogens (primary N) is 4. The van der Waals surface area contributed by atoms with Gasteiger partial charge in [0.05, 0.1) is 18.7 Å². The summed E-state index contributed by atoms with van der Waals surface area (Å²) in [7, 11) is 0. The molecule has 638 valence electrons. The van der Waals surface area contributed by atoms with Crippen LogP contribution in [-0.2, 0) is 84.8 Å². The molecule has 13 atom stereocenters. The summed E-state index contributed by atoms with van der Waals surface area (Å²) in [4.78, 5) is 215. The maximum absolute atomic E-state index is 15.0. The van der Waals surface area contributed by atoms with E-state index in [0.29, 0.717) is 11.1 Å². The number of carboxylic acids is 1. The van der Waals surface area contributed by atoms with E-state index < -0.39 is 221 Å². The molecule has 1 fully saturated rings. The first-order valence-electron chi connectivity index (χ1n) is 38.5. The molecule has 0 aliphatic carbocycles. The maximum atomic E-state index is 15.0. The number of guanidine groups is 3. The van der Waals surface area contributed by atoms with Crippen molar-refractivity contribution in [3.8, 4) is 0 Å². The Morgan fingerprint density at radius 1 is 0.435 bits per heavy atom. The van der Waals surface area contributed by atoms with Gasteiger partial charge in [-0.1, -0.05) is 136 Å². The van der Waals surface area contributed by atoms with Gasteiger partial charge in [-0.25, -0.2) is 0 Å². The molecular weight excluding hydrogens is 1510 g/mol. The number of amides is 14. The van der Waals surface area contributed by atoms with Gasteiger partial charge in [-0.3, -0.25) is 88.1 Å². The van der Waals surface area contributed by atoms with Gasteiger partial charge in [-0.15, -0.1) is 11.8 Å². The fourth-order valence-corrected chi connectivity index (χ4v) is 12.8. The number of benzene rings is 2. The highest BCUT2D eigenvalue weighted by Gasteiger charge is 2.40. The van der Waals surface area contributed by atoms with Crippen LogP contribution in [0.3, 0.4) is 0 Å².